The molecule has 3 saturated carbocycles. The minimum Gasteiger partial charge on any atom is -0.498 e. The first-order chi connectivity index (χ1) is 19.4. The molecule has 3 fully saturated rings. The van der Waals surface area contributed by atoms with E-state index in [1.165, 1.54) is 103 Å². The summed E-state index contributed by atoms with van der Waals surface area (Å²) in [5.41, 5.74) is 2.31. The Morgan fingerprint density at radius 1 is 0.725 bits per heavy atom. The van der Waals surface area contributed by atoms with Crippen LogP contribution in [-0.4, -0.2) is 7.11 Å². The number of benzene rings is 1. The monoisotopic (exact) mass is 556 g/mol. The molecule has 0 N–H and O–H groups in total. The van der Waals surface area contributed by atoms with Crippen molar-refractivity contribution in [3.05, 3.63) is 58.6 Å². The van der Waals surface area contributed by atoms with E-state index in [0.29, 0.717) is 0 Å². The van der Waals surface area contributed by atoms with E-state index in [1.807, 2.05) is 0 Å². The molecule has 0 spiro atoms. The highest BCUT2D eigenvalue weighted by atomic mass is 19.2. The zero-order valence-corrected chi connectivity index (χ0v) is 25.7. The van der Waals surface area contributed by atoms with Gasteiger partial charge in [0, 0.05) is 6.42 Å². The first kappa shape index (κ1) is 31.1. The van der Waals surface area contributed by atoms with Gasteiger partial charge in [-0.1, -0.05) is 70.2 Å². The molecule has 2 nitrogen and oxygen atoms in total. The number of ether oxygens (including phenoxy) is 2. The molecule has 224 valence electrons. The lowest BCUT2D eigenvalue weighted by molar-refractivity contribution is 0.0579. The molecule has 40 heavy (non-hydrogen) atoms. The average Bonchev–Trinajstić information content (AvgIpc) is 3.00. The summed E-state index contributed by atoms with van der Waals surface area (Å²) in [5, 5.41) is 0. The smallest absolute Gasteiger partial charge is 0.199 e. The lowest BCUT2D eigenvalue weighted by atomic mass is 9.60. The number of aryl methyl sites for hydroxylation is 1. The number of halogens is 2. The predicted molar refractivity (Wildman–Crippen MR) is 161 cm³/mol. The summed E-state index contributed by atoms with van der Waals surface area (Å²) in [6.45, 7) is 5.73. The fourth-order valence-electron chi connectivity index (χ4n) is 8.10. The molecule has 0 heterocycles. The van der Waals surface area contributed by atoms with Crippen LogP contribution in [0.15, 0.2) is 47.4 Å². The van der Waals surface area contributed by atoms with Gasteiger partial charge in [-0.3, -0.25) is 0 Å². The van der Waals surface area contributed by atoms with Gasteiger partial charge in [0.05, 0.1) is 7.11 Å². The van der Waals surface area contributed by atoms with Gasteiger partial charge in [-0.05, 0) is 111 Å². The number of hydrogen-bond acceptors (Lipinski definition) is 2. The van der Waals surface area contributed by atoms with Gasteiger partial charge in [-0.25, -0.2) is 0 Å². The SMILES string of the molecule is CCCC1CCC2CC(C3CCC(CCc4ccc(CO/C(CC)=C(F)/C(F)=C(\C)OC)cc4)CC3)CCC2C1. The third kappa shape index (κ3) is 8.35. The van der Waals surface area contributed by atoms with E-state index in [0.717, 1.165) is 47.5 Å². The lowest BCUT2D eigenvalue weighted by Gasteiger charge is -2.45. The van der Waals surface area contributed by atoms with Crippen molar-refractivity contribution in [1.29, 1.82) is 0 Å². The van der Waals surface area contributed by atoms with Crippen molar-refractivity contribution >= 4 is 0 Å². The van der Waals surface area contributed by atoms with Crippen LogP contribution in [-0.2, 0) is 22.5 Å². The van der Waals surface area contributed by atoms with Crippen LogP contribution in [0.4, 0.5) is 8.78 Å². The number of allylic oxidation sites excluding steroid dienone is 4. The molecule has 1 aromatic carbocycles. The summed E-state index contributed by atoms with van der Waals surface area (Å²) < 4.78 is 38.9. The maximum atomic E-state index is 14.4. The van der Waals surface area contributed by atoms with Crippen LogP contribution >= 0.6 is 0 Å². The Labute approximate surface area is 243 Å². The van der Waals surface area contributed by atoms with Crippen LogP contribution in [0.25, 0.3) is 0 Å². The van der Waals surface area contributed by atoms with Crippen LogP contribution in [0.3, 0.4) is 0 Å². The van der Waals surface area contributed by atoms with Crippen LogP contribution in [0.5, 0.6) is 0 Å². The molecule has 0 aromatic heterocycles. The summed E-state index contributed by atoms with van der Waals surface area (Å²) in [5.74, 6) is 3.93. The molecule has 0 aliphatic heterocycles. The van der Waals surface area contributed by atoms with Gasteiger partial charge in [-0.15, -0.1) is 0 Å². The summed E-state index contributed by atoms with van der Waals surface area (Å²) in [4.78, 5) is 0. The van der Waals surface area contributed by atoms with E-state index in [4.69, 9.17) is 9.47 Å². The molecule has 0 saturated heterocycles. The fraction of sp³-hybridized carbons (Fsp3) is 0.722. The van der Waals surface area contributed by atoms with E-state index in [-0.39, 0.29) is 24.5 Å². The third-order valence-electron chi connectivity index (χ3n) is 10.7. The van der Waals surface area contributed by atoms with Crippen molar-refractivity contribution in [3.63, 3.8) is 0 Å². The van der Waals surface area contributed by atoms with Crippen LogP contribution in [0, 0.1) is 35.5 Å². The van der Waals surface area contributed by atoms with Crippen molar-refractivity contribution in [3.8, 4) is 0 Å². The first-order valence-corrected chi connectivity index (χ1v) is 16.4. The highest BCUT2D eigenvalue weighted by Gasteiger charge is 2.38. The predicted octanol–water partition coefficient (Wildman–Crippen LogP) is 11.0. The second kappa shape index (κ2) is 15.4. The zero-order chi connectivity index (χ0) is 28.5. The van der Waals surface area contributed by atoms with E-state index in [9.17, 15) is 8.78 Å². The molecule has 0 amide bonds. The number of hydrogen-bond donors (Lipinski definition) is 0. The van der Waals surface area contributed by atoms with Crippen molar-refractivity contribution in [2.24, 2.45) is 35.5 Å². The summed E-state index contributed by atoms with van der Waals surface area (Å²) in [6, 6.07) is 8.44. The van der Waals surface area contributed by atoms with Gasteiger partial charge < -0.3 is 9.47 Å². The fourth-order valence-corrected chi connectivity index (χ4v) is 8.10. The molecule has 1 aromatic rings. The molecule has 4 rings (SSSR count). The second-order valence-corrected chi connectivity index (χ2v) is 13.2. The molecule has 3 aliphatic rings. The Morgan fingerprint density at radius 3 is 1.95 bits per heavy atom. The van der Waals surface area contributed by atoms with Crippen molar-refractivity contribution in [2.45, 2.75) is 124 Å². The topological polar surface area (TPSA) is 18.5 Å². The standard InChI is InChI=1S/C36H54F2O2/c1-5-7-28-16-19-33-23-32(21-20-31(33)22-28)30-17-14-27(15-18-30)9-8-26-10-12-29(13-11-26)24-40-34(6-2)36(38)35(37)25(3)39-4/h10-13,27-28,30-33H,5-9,14-24H2,1-4H3/b35-25-,36-34-. The Morgan fingerprint density at radius 2 is 1.30 bits per heavy atom. The van der Waals surface area contributed by atoms with Gasteiger partial charge in [0.2, 0.25) is 0 Å². The van der Waals surface area contributed by atoms with Crippen LogP contribution in [0.1, 0.15) is 122 Å². The van der Waals surface area contributed by atoms with Gasteiger partial charge in [0.15, 0.2) is 11.7 Å². The third-order valence-corrected chi connectivity index (χ3v) is 10.7. The normalized spacial score (nSPS) is 30.1. The van der Waals surface area contributed by atoms with Crippen molar-refractivity contribution in [1.82, 2.24) is 0 Å². The van der Waals surface area contributed by atoms with Crippen LogP contribution < -0.4 is 0 Å². The molecule has 3 aliphatic carbocycles. The minimum atomic E-state index is -0.999. The van der Waals surface area contributed by atoms with E-state index in [2.05, 4.69) is 31.2 Å². The second-order valence-electron chi connectivity index (χ2n) is 13.2. The van der Waals surface area contributed by atoms with Crippen molar-refractivity contribution < 1.29 is 18.3 Å². The van der Waals surface area contributed by atoms with E-state index < -0.39 is 11.7 Å². The summed E-state index contributed by atoms with van der Waals surface area (Å²) in [7, 11) is 1.32. The molecule has 0 bridgehead atoms. The number of methoxy groups -OCH3 is 1. The Hall–Kier alpha value is -1.84. The largest absolute Gasteiger partial charge is 0.498 e. The zero-order valence-electron chi connectivity index (χ0n) is 25.7. The molecule has 0 radical (unpaired) electrons. The van der Waals surface area contributed by atoms with Crippen LogP contribution in [0.2, 0.25) is 0 Å². The highest BCUT2D eigenvalue weighted by Crippen LogP contribution is 2.49. The Kier molecular flexibility index (Phi) is 12.0. The molecule has 4 unspecified atom stereocenters. The lowest BCUT2D eigenvalue weighted by Crippen LogP contribution is -2.34. The molecule has 4 atom stereocenters. The van der Waals surface area contributed by atoms with Crippen molar-refractivity contribution in [2.75, 3.05) is 7.11 Å². The minimum absolute atomic E-state index is 0.0148. The molecule has 4 heteroatoms. The van der Waals surface area contributed by atoms with Gasteiger partial charge in [0.1, 0.15) is 18.1 Å². The highest BCUT2D eigenvalue weighted by molar-refractivity contribution is 5.25. The summed E-state index contributed by atoms with van der Waals surface area (Å²) in [6.07, 6.45) is 20.3. The quantitative estimate of drug-likeness (QED) is 0.188. The maximum absolute atomic E-state index is 14.4. The van der Waals surface area contributed by atoms with E-state index >= 15 is 0 Å². The van der Waals surface area contributed by atoms with Gasteiger partial charge in [0.25, 0.3) is 0 Å². The molecular weight excluding hydrogens is 502 g/mol. The Balaban J connectivity index is 1.17. The summed E-state index contributed by atoms with van der Waals surface area (Å²) >= 11 is 0. The first-order valence-electron chi connectivity index (χ1n) is 16.4. The Bertz CT molecular complexity index is 973. The average molecular weight is 557 g/mol. The van der Waals surface area contributed by atoms with E-state index in [1.54, 1.807) is 6.92 Å². The number of fused-ring (bicyclic) bond motifs is 1. The van der Waals surface area contributed by atoms with Gasteiger partial charge >= 0.3 is 0 Å². The molecular formula is C36H54F2O2. The number of rotatable bonds is 12. The van der Waals surface area contributed by atoms with Gasteiger partial charge in [-0.2, -0.15) is 8.78 Å². The maximum Gasteiger partial charge on any atom is 0.199 e.